The van der Waals surface area contributed by atoms with Crippen LogP contribution in [-0.4, -0.2) is 56.2 Å². The van der Waals surface area contributed by atoms with Gasteiger partial charge in [-0.2, -0.15) is 0 Å². The van der Waals surface area contributed by atoms with Crippen LogP contribution >= 0.6 is 23.2 Å². The van der Waals surface area contributed by atoms with E-state index in [-0.39, 0.29) is 6.61 Å². The Balaban J connectivity index is 1.39. The fraction of sp³-hybridized carbons (Fsp3) is 0.353. The highest BCUT2D eigenvalue weighted by Gasteiger charge is 2.33. The number of halogens is 2. The summed E-state index contributed by atoms with van der Waals surface area (Å²) in [5.41, 5.74) is 3.93. The van der Waals surface area contributed by atoms with E-state index in [9.17, 15) is 4.79 Å². The van der Waals surface area contributed by atoms with Crippen LogP contribution in [-0.2, 0) is 20.7 Å². The molecule has 3 aromatic rings. The largest absolute Gasteiger partial charge is 0.462 e. The van der Waals surface area contributed by atoms with Gasteiger partial charge in [-0.05, 0) is 62.0 Å². The molecule has 0 bridgehead atoms. The van der Waals surface area contributed by atoms with Gasteiger partial charge in [-0.3, -0.25) is 4.99 Å². The predicted molar refractivity (Wildman–Crippen MR) is 169 cm³/mol. The lowest BCUT2D eigenvalue weighted by molar-refractivity contribution is -0.139. The van der Waals surface area contributed by atoms with Gasteiger partial charge < -0.3 is 19.7 Å². The second-order valence-electron chi connectivity index (χ2n) is 10.6. The SMILES string of the molecule is O=C(OCCCc1ccccc1)C1=C(COCCN2CCCCC2)NC(c2ccccc2)=NC1c1ccc(Cl)c(Cl)c1. The number of amidine groups is 1. The Morgan fingerprint density at radius 1 is 0.905 bits per heavy atom. The molecule has 0 amide bonds. The third-order valence-electron chi connectivity index (χ3n) is 7.59. The number of aryl methyl sites for hydroxylation is 1. The number of piperidine rings is 1. The molecule has 0 aromatic heterocycles. The number of carbonyl (C=O) groups excluding carboxylic acids is 1. The Kier molecular flexibility index (Phi) is 11.1. The first-order valence-electron chi connectivity index (χ1n) is 14.7. The molecule has 220 valence electrons. The average Bonchev–Trinajstić information content (AvgIpc) is 3.03. The first-order valence-corrected chi connectivity index (χ1v) is 15.4. The highest BCUT2D eigenvalue weighted by atomic mass is 35.5. The first kappa shape index (κ1) is 30.3. The number of nitrogens with one attached hydrogen (secondary N) is 1. The molecule has 0 spiro atoms. The van der Waals surface area contributed by atoms with Gasteiger partial charge in [0.15, 0.2) is 0 Å². The van der Waals surface area contributed by atoms with E-state index in [4.69, 9.17) is 37.7 Å². The fourth-order valence-corrected chi connectivity index (χ4v) is 5.64. The van der Waals surface area contributed by atoms with Gasteiger partial charge in [0.2, 0.25) is 0 Å². The van der Waals surface area contributed by atoms with Crippen molar-refractivity contribution >= 4 is 35.0 Å². The van der Waals surface area contributed by atoms with Gasteiger partial charge >= 0.3 is 5.97 Å². The number of nitrogens with zero attached hydrogens (tertiary/aromatic N) is 2. The zero-order valence-corrected chi connectivity index (χ0v) is 25.2. The Labute approximate surface area is 258 Å². The Morgan fingerprint density at radius 2 is 1.64 bits per heavy atom. The number of ether oxygens (including phenoxy) is 2. The third-order valence-corrected chi connectivity index (χ3v) is 8.32. The smallest absolute Gasteiger partial charge is 0.338 e. The van der Waals surface area contributed by atoms with Crippen LogP contribution in [0.3, 0.4) is 0 Å². The van der Waals surface area contributed by atoms with Crippen molar-refractivity contribution in [2.45, 2.75) is 38.1 Å². The number of carbonyl (C=O) groups is 1. The summed E-state index contributed by atoms with van der Waals surface area (Å²) < 4.78 is 12.0. The quantitative estimate of drug-likeness (QED) is 0.177. The predicted octanol–water partition coefficient (Wildman–Crippen LogP) is 7.02. The highest BCUT2D eigenvalue weighted by Crippen LogP contribution is 2.35. The monoisotopic (exact) mass is 605 g/mol. The highest BCUT2D eigenvalue weighted by molar-refractivity contribution is 6.42. The van der Waals surface area contributed by atoms with Crippen LogP contribution in [0.2, 0.25) is 10.0 Å². The van der Waals surface area contributed by atoms with Gasteiger partial charge in [-0.25, -0.2) is 4.79 Å². The van der Waals surface area contributed by atoms with Gasteiger partial charge in [0, 0.05) is 12.1 Å². The van der Waals surface area contributed by atoms with E-state index in [1.807, 2.05) is 54.6 Å². The molecule has 8 heteroatoms. The minimum absolute atomic E-state index is 0.228. The summed E-state index contributed by atoms with van der Waals surface area (Å²) in [6, 6.07) is 24.8. The Morgan fingerprint density at radius 3 is 2.38 bits per heavy atom. The molecule has 0 radical (unpaired) electrons. The van der Waals surface area contributed by atoms with Crippen molar-refractivity contribution in [3.63, 3.8) is 0 Å². The molecular weight excluding hydrogens is 569 g/mol. The van der Waals surface area contributed by atoms with Crippen molar-refractivity contribution in [2.75, 3.05) is 39.5 Å². The second kappa shape index (κ2) is 15.4. The Hall–Kier alpha value is -3.16. The van der Waals surface area contributed by atoms with Crippen molar-refractivity contribution in [2.24, 2.45) is 4.99 Å². The summed E-state index contributed by atoms with van der Waals surface area (Å²) in [4.78, 5) is 21.2. The fourth-order valence-electron chi connectivity index (χ4n) is 5.33. The molecule has 1 N–H and O–H groups in total. The maximum atomic E-state index is 13.8. The number of likely N-dealkylation sites (tertiary alicyclic amines) is 1. The second-order valence-corrected chi connectivity index (χ2v) is 11.4. The van der Waals surface area contributed by atoms with E-state index in [1.54, 1.807) is 12.1 Å². The number of hydrogen-bond donors (Lipinski definition) is 1. The van der Waals surface area contributed by atoms with Gasteiger partial charge in [0.05, 0.1) is 41.1 Å². The molecule has 1 saturated heterocycles. The zero-order valence-electron chi connectivity index (χ0n) is 23.7. The van der Waals surface area contributed by atoms with Gasteiger partial charge in [-0.15, -0.1) is 0 Å². The number of esters is 1. The molecule has 6 nitrogen and oxygen atoms in total. The minimum Gasteiger partial charge on any atom is -0.462 e. The number of benzene rings is 3. The molecule has 1 atom stereocenters. The molecule has 2 heterocycles. The molecule has 42 heavy (non-hydrogen) atoms. The Bertz CT molecular complexity index is 1390. The summed E-state index contributed by atoms with van der Waals surface area (Å²) in [7, 11) is 0. The number of aliphatic imine (C=N–C) groups is 1. The summed E-state index contributed by atoms with van der Waals surface area (Å²) >= 11 is 12.7. The van der Waals surface area contributed by atoms with Crippen LogP contribution in [0.5, 0.6) is 0 Å². The zero-order chi connectivity index (χ0) is 29.1. The van der Waals surface area contributed by atoms with Crippen LogP contribution in [0, 0.1) is 0 Å². The maximum absolute atomic E-state index is 13.8. The van der Waals surface area contributed by atoms with Crippen molar-refractivity contribution in [3.8, 4) is 0 Å². The average molecular weight is 607 g/mol. The van der Waals surface area contributed by atoms with Crippen LogP contribution in [0.25, 0.3) is 0 Å². The van der Waals surface area contributed by atoms with E-state index < -0.39 is 12.0 Å². The van der Waals surface area contributed by atoms with Crippen molar-refractivity contribution in [1.82, 2.24) is 10.2 Å². The molecule has 0 aliphatic carbocycles. The summed E-state index contributed by atoms with van der Waals surface area (Å²) in [5, 5.41) is 4.26. The van der Waals surface area contributed by atoms with Crippen LogP contribution in [0.4, 0.5) is 0 Å². The number of hydrogen-bond acceptors (Lipinski definition) is 6. The minimum atomic E-state index is -0.640. The lowest BCUT2D eigenvalue weighted by Gasteiger charge is -2.29. The molecule has 1 unspecified atom stereocenters. The van der Waals surface area contributed by atoms with E-state index >= 15 is 0 Å². The molecule has 2 aliphatic rings. The molecule has 1 fully saturated rings. The van der Waals surface area contributed by atoms with Crippen LogP contribution in [0.1, 0.15) is 48.4 Å². The van der Waals surface area contributed by atoms with Crippen molar-refractivity contribution < 1.29 is 14.3 Å². The molecule has 0 saturated carbocycles. The third kappa shape index (κ3) is 8.23. The van der Waals surface area contributed by atoms with E-state index in [2.05, 4.69) is 22.3 Å². The van der Waals surface area contributed by atoms with Crippen LogP contribution < -0.4 is 5.32 Å². The summed E-state index contributed by atoms with van der Waals surface area (Å²) in [6.45, 7) is 4.17. The van der Waals surface area contributed by atoms with E-state index in [0.717, 1.165) is 37.2 Å². The topological polar surface area (TPSA) is 63.2 Å². The summed E-state index contributed by atoms with van der Waals surface area (Å²) in [6.07, 6.45) is 5.30. The standard InChI is InChI=1S/C34H37Cl2N3O3/c35-28-17-16-27(23-29(28)36)32-31(34(40)42-21-10-13-25-11-4-1-5-12-25)30(24-41-22-20-39-18-8-3-9-19-39)37-33(38-32)26-14-6-2-7-15-26/h1-2,4-7,11-12,14-17,23,32H,3,8-10,13,18-22,24H2,(H,37,38). The van der Waals surface area contributed by atoms with E-state index in [1.165, 1.54) is 24.8 Å². The maximum Gasteiger partial charge on any atom is 0.338 e. The van der Waals surface area contributed by atoms with Gasteiger partial charge in [-0.1, -0.05) is 96.4 Å². The van der Waals surface area contributed by atoms with E-state index in [0.29, 0.717) is 46.8 Å². The molecule has 5 rings (SSSR count). The van der Waals surface area contributed by atoms with Crippen LogP contribution in [0.15, 0.2) is 95.1 Å². The summed E-state index contributed by atoms with van der Waals surface area (Å²) in [5.74, 6) is 0.235. The lowest BCUT2D eigenvalue weighted by Crippen LogP contribution is -2.37. The lowest BCUT2D eigenvalue weighted by atomic mass is 9.95. The molecule has 2 aliphatic heterocycles. The van der Waals surface area contributed by atoms with Crippen molar-refractivity contribution in [3.05, 3.63) is 117 Å². The van der Waals surface area contributed by atoms with Gasteiger partial charge in [0.25, 0.3) is 0 Å². The molecular formula is C34H37Cl2N3O3. The normalized spacial score (nSPS) is 17.5. The van der Waals surface area contributed by atoms with Gasteiger partial charge in [0.1, 0.15) is 11.9 Å². The number of rotatable bonds is 12. The molecule has 3 aromatic carbocycles. The first-order chi connectivity index (χ1) is 20.6. The van der Waals surface area contributed by atoms with Crippen molar-refractivity contribution in [1.29, 1.82) is 0 Å².